The van der Waals surface area contributed by atoms with Crippen LogP contribution in [0.15, 0.2) is 29.8 Å². The second kappa shape index (κ2) is 5.60. The number of ketones is 1. The summed E-state index contributed by atoms with van der Waals surface area (Å²) in [4.78, 5) is 12.3. The molecule has 0 aromatic heterocycles. The molecule has 3 rings (SSSR count). The van der Waals surface area contributed by atoms with E-state index in [0.29, 0.717) is 17.5 Å². The van der Waals surface area contributed by atoms with Gasteiger partial charge in [-0.25, -0.2) is 0 Å². The molecule has 0 saturated carbocycles. The van der Waals surface area contributed by atoms with Gasteiger partial charge in [-0.2, -0.15) is 0 Å². The van der Waals surface area contributed by atoms with E-state index in [9.17, 15) is 4.79 Å². The van der Waals surface area contributed by atoms with Crippen molar-refractivity contribution in [3.63, 3.8) is 0 Å². The van der Waals surface area contributed by atoms with E-state index in [4.69, 9.17) is 0 Å². The van der Waals surface area contributed by atoms with Crippen LogP contribution in [0.1, 0.15) is 38.2 Å². The predicted octanol–water partition coefficient (Wildman–Crippen LogP) is 4.69. The Morgan fingerprint density at radius 3 is 2.74 bits per heavy atom. The van der Waals surface area contributed by atoms with Gasteiger partial charge in [0.25, 0.3) is 0 Å². The summed E-state index contributed by atoms with van der Waals surface area (Å²) in [5, 5.41) is 1.19. The standard InChI is InChI=1S/C16H17IOS/c1-2-14(18)16-13(9-12-7-8-15(16)19-12)10-3-5-11(17)6-4-10/h3-6,12,15H,2,7-9H2,1H3. The van der Waals surface area contributed by atoms with Gasteiger partial charge in [0, 0.05) is 26.1 Å². The van der Waals surface area contributed by atoms with E-state index in [-0.39, 0.29) is 0 Å². The monoisotopic (exact) mass is 384 g/mol. The molecule has 0 spiro atoms. The minimum absolute atomic E-state index is 0.353. The van der Waals surface area contributed by atoms with E-state index in [2.05, 4.69) is 46.9 Å². The molecule has 0 amide bonds. The van der Waals surface area contributed by atoms with Crippen LogP contribution in [0.3, 0.4) is 0 Å². The quantitative estimate of drug-likeness (QED) is 0.704. The molecule has 0 N–H and O–H groups in total. The highest BCUT2D eigenvalue weighted by Crippen LogP contribution is 2.49. The van der Waals surface area contributed by atoms with E-state index in [0.717, 1.165) is 17.2 Å². The number of allylic oxidation sites excluding steroid dienone is 1. The first-order valence-electron chi connectivity index (χ1n) is 6.86. The van der Waals surface area contributed by atoms with Crippen molar-refractivity contribution in [2.75, 3.05) is 0 Å². The molecule has 2 atom stereocenters. The first kappa shape index (κ1) is 13.7. The zero-order valence-corrected chi connectivity index (χ0v) is 14.0. The third kappa shape index (κ3) is 2.64. The Labute approximate surface area is 132 Å². The summed E-state index contributed by atoms with van der Waals surface area (Å²) in [6.07, 6.45) is 4.15. The summed E-state index contributed by atoms with van der Waals surface area (Å²) in [7, 11) is 0. The molecule has 1 aromatic rings. The number of hydrogen-bond acceptors (Lipinski definition) is 2. The van der Waals surface area contributed by atoms with Gasteiger partial charge in [-0.05, 0) is 65.1 Å². The molecular formula is C16H17IOS. The Hall–Kier alpha value is -0.290. The SMILES string of the molecule is CCC(=O)C1=C(c2ccc(I)cc2)CC2CCC1S2. The molecule has 0 radical (unpaired) electrons. The molecule has 100 valence electrons. The van der Waals surface area contributed by atoms with Gasteiger partial charge < -0.3 is 0 Å². The van der Waals surface area contributed by atoms with Crippen LogP contribution < -0.4 is 0 Å². The van der Waals surface area contributed by atoms with Crippen LogP contribution in [0.25, 0.3) is 5.57 Å². The molecule has 1 saturated heterocycles. The van der Waals surface area contributed by atoms with Crippen molar-refractivity contribution in [2.24, 2.45) is 0 Å². The number of fused-ring (bicyclic) bond motifs is 2. The lowest BCUT2D eigenvalue weighted by molar-refractivity contribution is -0.115. The average Bonchev–Trinajstić information content (AvgIpc) is 2.80. The lowest BCUT2D eigenvalue weighted by atomic mass is 9.92. The zero-order valence-electron chi connectivity index (χ0n) is 11.0. The van der Waals surface area contributed by atoms with Crippen LogP contribution in [0.2, 0.25) is 0 Å². The fraction of sp³-hybridized carbons (Fsp3) is 0.438. The van der Waals surface area contributed by atoms with Crippen LogP contribution in [0.5, 0.6) is 0 Å². The summed E-state index contributed by atoms with van der Waals surface area (Å²) in [5.74, 6) is 0.353. The van der Waals surface area contributed by atoms with Gasteiger partial charge in [-0.15, -0.1) is 11.8 Å². The van der Waals surface area contributed by atoms with E-state index >= 15 is 0 Å². The summed E-state index contributed by atoms with van der Waals surface area (Å²) in [5.41, 5.74) is 3.71. The predicted molar refractivity (Wildman–Crippen MR) is 90.4 cm³/mol. The summed E-state index contributed by atoms with van der Waals surface area (Å²) in [6.45, 7) is 1.98. The Morgan fingerprint density at radius 2 is 2.05 bits per heavy atom. The number of Topliss-reactive ketones (excluding diaryl/α,β-unsaturated/α-hetero) is 1. The van der Waals surface area contributed by atoms with Crippen molar-refractivity contribution in [1.82, 2.24) is 0 Å². The average molecular weight is 384 g/mol. The molecule has 19 heavy (non-hydrogen) atoms. The van der Waals surface area contributed by atoms with E-state index in [1.165, 1.54) is 27.5 Å². The molecule has 1 aromatic carbocycles. The van der Waals surface area contributed by atoms with Crippen LogP contribution in [-0.2, 0) is 4.79 Å². The lowest BCUT2D eigenvalue weighted by Crippen LogP contribution is -2.19. The van der Waals surface area contributed by atoms with E-state index in [1.807, 2.05) is 18.7 Å². The van der Waals surface area contributed by atoms with Gasteiger partial charge in [-0.1, -0.05) is 19.1 Å². The van der Waals surface area contributed by atoms with Gasteiger partial charge in [0.2, 0.25) is 0 Å². The molecule has 2 unspecified atom stereocenters. The number of benzene rings is 1. The maximum atomic E-state index is 12.3. The highest BCUT2D eigenvalue weighted by atomic mass is 127. The number of carbonyl (C=O) groups excluding carboxylic acids is 1. The van der Waals surface area contributed by atoms with Crippen LogP contribution in [0, 0.1) is 3.57 Å². The minimum atomic E-state index is 0.353. The first-order chi connectivity index (χ1) is 9.19. The van der Waals surface area contributed by atoms with Crippen molar-refractivity contribution in [3.8, 4) is 0 Å². The maximum Gasteiger partial charge on any atom is 0.160 e. The van der Waals surface area contributed by atoms with E-state index in [1.54, 1.807) is 0 Å². The van der Waals surface area contributed by atoms with Crippen molar-refractivity contribution >= 4 is 45.7 Å². The largest absolute Gasteiger partial charge is 0.295 e. The molecule has 3 heteroatoms. The van der Waals surface area contributed by atoms with Crippen molar-refractivity contribution < 1.29 is 4.79 Å². The van der Waals surface area contributed by atoms with Gasteiger partial charge in [0.1, 0.15) is 0 Å². The summed E-state index contributed by atoms with van der Waals surface area (Å²) >= 11 is 4.35. The Balaban J connectivity index is 2.07. The highest BCUT2D eigenvalue weighted by Gasteiger charge is 2.37. The normalized spacial score (nSPS) is 25.8. The molecule has 0 aliphatic carbocycles. The minimum Gasteiger partial charge on any atom is -0.295 e. The van der Waals surface area contributed by atoms with Crippen molar-refractivity contribution in [3.05, 3.63) is 39.0 Å². The van der Waals surface area contributed by atoms with Crippen LogP contribution >= 0.6 is 34.4 Å². The summed E-state index contributed by atoms with van der Waals surface area (Å²) in [6, 6.07) is 8.63. The molecule has 2 aliphatic heterocycles. The second-order valence-electron chi connectivity index (χ2n) is 5.20. The van der Waals surface area contributed by atoms with Gasteiger partial charge >= 0.3 is 0 Å². The third-order valence-corrected chi connectivity index (χ3v) is 6.31. The number of halogens is 1. The smallest absolute Gasteiger partial charge is 0.160 e. The highest BCUT2D eigenvalue weighted by molar-refractivity contribution is 14.1. The number of carbonyl (C=O) groups is 1. The number of hydrogen-bond donors (Lipinski definition) is 0. The molecule has 2 aliphatic rings. The van der Waals surface area contributed by atoms with Crippen LogP contribution in [0.4, 0.5) is 0 Å². The van der Waals surface area contributed by atoms with Gasteiger partial charge in [-0.3, -0.25) is 4.79 Å². The fourth-order valence-corrected chi connectivity index (χ4v) is 5.10. The molecule has 2 heterocycles. The Bertz CT molecular complexity index is 532. The Kier molecular flexibility index (Phi) is 4.03. The fourth-order valence-electron chi connectivity index (χ4n) is 3.06. The molecule has 2 bridgehead atoms. The summed E-state index contributed by atoms with van der Waals surface area (Å²) < 4.78 is 1.25. The lowest BCUT2D eigenvalue weighted by Gasteiger charge is -2.25. The molecule has 1 nitrogen and oxygen atoms in total. The van der Waals surface area contributed by atoms with Crippen molar-refractivity contribution in [2.45, 2.75) is 43.1 Å². The van der Waals surface area contributed by atoms with Crippen molar-refractivity contribution in [1.29, 1.82) is 0 Å². The zero-order chi connectivity index (χ0) is 13.4. The maximum absolute atomic E-state index is 12.3. The first-order valence-corrected chi connectivity index (χ1v) is 8.89. The Morgan fingerprint density at radius 1 is 1.32 bits per heavy atom. The third-order valence-electron chi connectivity index (χ3n) is 4.00. The number of thioether (sulfide) groups is 1. The van der Waals surface area contributed by atoms with Gasteiger partial charge in [0.15, 0.2) is 5.78 Å². The van der Waals surface area contributed by atoms with Crippen LogP contribution in [-0.4, -0.2) is 16.3 Å². The number of rotatable bonds is 3. The van der Waals surface area contributed by atoms with Gasteiger partial charge in [0.05, 0.1) is 0 Å². The molecular weight excluding hydrogens is 367 g/mol. The van der Waals surface area contributed by atoms with E-state index < -0.39 is 0 Å². The topological polar surface area (TPSA) is 17.1 Å². The molecule has 1 fully saturated rings. The second-order valence-corrected chi connectivity index (χ2v) is 7.96.